The van der Waals surface area contributed by atoms with E-state index in [1.807, 2.05) is 48.5 Å². The third-order valence-corrected chi connectivity index (χ3v) is 4.80. The molecule has 0 aliphatic carbocycles. The van der Waals surface area contributed by atoms with Crippen molar-refractivity contribution in [2.45, 2.75) is 12.5 Å². The van der Waals surface area contributed by atoms with Crippen LogP contribution in [0, 0.1) is 0 Å². The fourth-order valence-corrected chi connectivity index (χ4v) is 3.22. The summed E-state index contributed by atoms with van der Waals surface area (Å²) in [5.41, 5.74) is 8.13. The van der Waals surface area contributed by atoms with Crippen LogP contribution in [0.15, 0.2) is 60.7 Å². The molecule has 0 bridgehead atoms. The number of anilines is 1. The van der Waals surface area contributed by atoms with Crippen LogP contribution in [0.1, 0.15) is 5.56 Å². The van der Waals surface area contributed by atoms with Gasteiger partial charge in [-0.1, -0.05) is 48.5 Å². The molecule has 6 nitrogen and oxygen atoms in total. The lowest BCUT2D eigenvalue weighted by molar-refractivity contribution is -0.133. The number of amides is 2. The van der Waals surface area contributed by atoms with Crippen LogP contribution < -0.4 is 16.0 Å². The Morgan fingerprint density at radius 2 is 1.45 bits per heavy atom. The van der Waals surface area contributed by atoms with Gasteiger partial charge < -0.3 is 20.9 Å². The quantitative estimate of drug-likeness (QED) is 0.721. The highest BCUT2D eigenvalue weighted by Crippen LogP contribution is 2.15. The number of nitrogens with zero attached hydrogens (tertiary/aromatic N) is 2. The number of nitrogens with one attached hydrogen (secondary N) is 1. The highest BCUT2D eigenvalue weighted by molar-refractivity contribution is 5.87. The second-order valence-electron chi connectivity index (χ2n) is 6.72. The van der Waals surface area contributed by atoms with E-state index in [0.717, 1.165) is 18.7 Å². The van der Waals surface area contributed by atoms with Crippen LogP contribution in [0.5, 0.6) is 0 Å². The number of halogens is 2. The fraction of sp³-hybridized carbons (Fsp3) is 0.333. The Morgan fingerprint density at radius 1 is 0.897 bits per heavy atom. The molecule has 1 unspecified atom stereocenters. The van der Waals surface area contributed by atoms with Crippen molar-refractivity contribution in [3.05, 3.63) is 66.2 Å². The van der Waals surface area contributed by atoms with Crippen LogP contribution in [-0.2, 0) is 16.0 Å². The number of rotatable bonds is 6. The predicted octanol–water partition coefficient (Wildman–Crippen LogP) is 1.86. The normalized spacial score (nSPS) is 14.2. The first kappa shape index (κ1) is 24.8. The van der Waals surface area contributed by atoms with E-state index < -0.39 is 6.04 Å². The molecule has 2 aromatic carbocycles. The van der Waals surface area contributed by atoms with Crippen molar-refractivity contribution in [1.82, 2.24) is 10.2 Å². The summed E-state index contributed by atoms with van der Waals surface area (Å²) in [5, 5.41) is 2.67. The number of hydrogen-bond acceptors (Lipinski definition) is 4. The first-order chi connectivity index (χ1) is 13.1. The molecule has 1 atom stereocenters. The molecule has 1 heterocycles. The Hall–Kier alpha value is -2.28. The van der Waals surface area contributed by atoms with Crippen LogP contribution in [0.3, 0.4) is 0 Å². The molecule has 1 aliphatic heterocycles. The molecule has 0 radical (unpaired) electrons. The van der Waals surface area contributed by atoms with Gasteiger partial charge in [0.25, 0.3) is 0 Å². The van der Waals surface area contributed by atoms with Crippen LogP contribution in [0.25, 0.3) is 0 Å². The lowest BCUT2D eigenvalue weighted by Crippen LogP contribution is -2.52. The van der Waals surface area contributed by atoms with E-state index in [0.29, 0.717) is 19.5 Å². The summed E-state index contributed by atoms with van der Waals surface area (Å²) in [5.74, 6) is -0.363. The number of carbonyl (C=O) groups excluding carboxylic acids is 2. The fourth-order valence-electron chi connectivity index (χ4n) is 3.22. The molecule has 0 aromatic heterocycles. The van der Waals surface area contributed by atoms with Gasteiger partial charge >= 0.3 is 0 Å². The molecule has 2 aromatic rings. The molecule has 0 saturated carbocycles. The summed E-state index contributed by atoms with van der Waals surface area (Å²) >= 11 is 0. The first-order valence-electron chi connectivity index (χ1n) is 9.28. The molecule has 1 fully saturated rings. The molecule has 29 heavy (non-hydrogen) atoms. The summed E-state index contributed by atoms with van der Waals surface area (Å²) in [6.07, 6.45) is 0.455. The van der Waals surface area contributed by atoms with Crippen LogP contribution in [-0.4, -0.2) is 55.5 Å². The Balaban J connectivity index is 0.00000210. The summed E-state index contributed by atoms with van der Waals surface area (Å²) in [6.45, 7) is 2.88. The molecule has 0 spiro atoms. The summed E-state index contributed by atoms with van der Waals surface area (Å²) in [6, 6.07) is 19.1. The van der Waals surface area contributed by atoms with Gasteiger partial charge in [0.05, 0.1) is 12.6 Å². The van der Waals surface area contributed by atoms with Gasteiger partial charge in [-0.3, -0.25) is 9.59 Å². The van der Waals surface area contributed by atoms with Crippen molar-refractivity contribution < 1.29 is 9.59 Å². The molecule has 2 amide bonds. The molecule has 3 rings (SSSR count). The standard InChI is InChI=1S/C21H26N4O2.2ClH/c22-19(15-17-7-3-1-4-8-17)21(27)23-16-20(26)25-13-11-24(12-14-25)18-9-5-2-6-10-18;;/h1-10,19H,11-16,22H2,(H,23,27);2*1H. The third-order valence-electron chi connectivity index (χ3n) is 4.80. The smallest absolute Gasteiger partial charge is 0.242 e. The molecular formula is C21H28Cl2N4O2. The maximum atomic E-state index is 12.4. The zero-order valence-corrected chi connectivity index (χ0v) is 17.8. The number of piperazine rings is 1. The summed E-state index contributed by atoms with van der Waals surface area (Å²) < 4.78 is 0. The van der Waals surface area contributed by atoms with E-state index in [1.165, 1.54) is 5.69 Å². The topological polar surface area (TPSA) is 78.7 Å². The maximum Gasteiger partial charge on any atom is 0.242 e. The zero-order chi connectivity index (χ0) is 19.1. The first-order valence-corrected chi connectivity index (χ1v) is 9.28. The Bertz CT molecular complexity index is 754. The minimum absolute atomic E-state index is 0. The summed E-state index contributed by atoms with van der Waals surface area (Å²) in [4.78, 5) is 28.6. The van der Waals surface area contributed by atoms with Crippen LogP contribution in [0.2, 0.25) is 0 Å². The van der Waals surface area contributed by atoms with Gasteiger partial charge in [-0.05, 0) is 24.1 Å². The van der Waals surface area contributed by atoms with Crippen molar-refractivity contribution in [2.24, 2.45) is 5.73 Å². The highest BCUT2D eigenvalue weighted by Gasteiger charge is 2.22. The number of hydrogen-bond donors (Lipinski definition) is 2. The van der Waals surface area contributed by atoms with E-state index in [2.05, 4.69) is 22.3 Å². The Kier molecular flexibility index (Phi) is 10.5. The van der Waals surface area contributed by atoms with Gasteiger partial charge in [-0.25, -0.2) is 0 Å². The van der Waals surface area contributed by atoms with Crippen LogP contribution in [0.4, 0.5) is 5.69 Å². The number of carbonyl (C=O) groups is 2. The average molecular weight is 439 g/mol. The van der Waals surface area contributed by atoms with Crippen molar-refractivity contribution >= 4 is 42.3 Å². The largest absolute Gasteiger partial charge is 0.368 e. The minimum Gasteiger partial charge on any atom is -0.368 e. The molecule has 1 saturated heterocycles. The van der Waals surface area contributed by atoms with Gasteiger partial charge in [0.1, 0.15) is 0 Å². The lowest BCUT2D eigenvalue weighted by Gasteiger charge is -2.36. The number of benzene rings is 2. The molecule has 1 aliphatic rings. The molecule has 158 valence electrons. The van der Waals surface area contributed by atoms with Gasteiger partial charge in [-0.15, -0.1) is 24.8 Å². The zero-order valence-electron chi connectivity index (χ0n) is 16.2. The average Bonchev–Trinajstić information content (AvgIpc) is 2.73. The van der Waals surface area contributed by atoms with Gasteiger partial charge in [-0.2, -0.15) is 0 Å². The highest BCUT2D eigenvalue weighted by atomic mass is 35.5. The van der Waals surface area contributed by atoms with Crippen molar-refractivity contribution in [1.29, 1.82) is 0 Å². The predicted molar refractivity (Wildman–Crippen MR) is 121 cm³/mol. The second kappa shape index (κ2) is 12.3. The van der Waals surface area contributed by atoms with E-state index in [4.69, 9.17) is 5.73 Å². The Morgan fingerprint density at radius 3 is 2.03 bits per heavy atom. The van der Waals surface area contributed by atoms with E-state index in [9.17, 15) is 9.59 Å². The van der Waals surface area contributed by atoms with Crippen molar-refractivity contribution in [3.8, 4) is 0 Å². The number of para-hydroxylation sites is 1. The maximum absolute atomic E-state index is 12.4. The molecule has 8 heteroatoms. The van der Waals surface area contributed by atoms with Gasteiger partial charge in [0, 0.05) is 31.9 Å². The molecule has 3 N–H and O–H groups in total. The van der Waals surface area contributed by atoms with Gasteiger partial charge in [0.2, 0.25) is 11.8 Å². The lowest BCUT2D eigenvalue weighted by atomic mass is 10.1. The van der Waals surface area contributed by atoms with Crippen molar-refractivity contribution in [3.63, 3.8) is 0 Å². The summed E-state index contributed by atoms with van der Waals surface area (Å²) in [7, 11) is 0. The monoisotopic (exact) mass is 438 g/mol. The number of nitrogens with two attached hydrogens (primary N) is 1. The van der Waals surface area contributed by atoms with E-state index in [1.54, 1.807) is 4.90 Å². The SMILES string of the molecule is Cl.Cl.NC(Cc1ccccc1)C(=O)NCC(=O)N1CCN(c2ccccc2)CC1. The molecular weight excluding hydrogens is 411 g/mol. The third kappa shape index (κ3) is 7.24. The Labute approximate surface area is 184 Å². The second-order valence-corrected chi connectivity index (χ2v) is 6.72. The van der Waals surface area contributed by atoms with E-state index in [-0.39, 0.29) is 43.2 Å². The minimum atomic E-state index is -0.657. The van der Waals surface area contributed by atoms with Crippen molar-refractivity contribution in [2.75, 3.05) is 37.6 Å². The van der Waals surface area contributed by atoms with Gasteiger partial charge in [0.15, 0.2) is 0 Å². The van der Waals surface area contributed by atoms with E-state index >= 15 is 0 Å². The van der Waals surface area contributed by atoms with Crippen LogP contribution >= 0.6 is 24.8 Å².